The molecular weight excluding hydrogens is 726 g/mol. The topological polar surface area (TPSA) is 55.7 Å². The van der Waals surface area contributed by atoms with E-state index in [4.69, 9.17) is 15.0 Å². The molecule has 4 nitrogen and oxygen atoms in total. The smallest absolute Gasteiger partial charge is 0.164 e. The predicted octanol–water partition coefficient (Wildman–Crippen LogP) is 13.6. The second-order valence-electron chi connectivity index (χ2n) is 15.1. The highest BCUT2D eigenvalue weighted by Crippen LogP contribution is 2.46. The molecule has 0 fully saturated rings. The second-order valence-corrected chi connectivity index (χ2v) is 18.3. The van der Waals surface area contributed by atoms with Gasteiger partial charge in [-0.3, -0.25) is 0 Å². The van der Waals surface area contributed by atoms with Gasteiger partial charge >= 0.3 is 0 Å². The van der Waals surface area contributed by atoms with Crippen molar-refractivity contribution >= 4 is 44.8 Å². The van der Waals surface area contributed by atoms with Gasteiger partial charge in [0.05, 0.1) is 0 Å². The van der Waals surface area contributed by atoms with Crippen LogP contribution < -0.4 is 5.30 Å². The lowest BCUT2D eigenvalue weighted by atomic mass is 9.84. The molecule has 0 unspecified atom stereocenters. The predicted molar refractivity (Wildman–Crippen MR) is 244 cm³/mol. The third-order valence-electron chi connectivity index (χ3n) is 11.0. The van der Waals surface area contributed by atoms with Gasteiger partial charge in [0.2, 0.25) is 0 Å². The highest BCUT2D eigenvalue weighted by molar-refractivity contribution is 7.70. The maximum absolute atomic E-state index is 12.9. The molecule has 0 aliphatic carbocycles. The molecule has 0 N–H and O–H groups in total. The molecule has 0 spiro atoms. The fraction of sp³-hybridized carbons (Fsp3) is 0.0377. The van der Waals surface area contributed by atoms with Crippen LogP contribution in [0, 0.1) is 0 Å². The molecule has 0 radical (unpaired) electrons. The minimum atomic E-state index is -2.42. The van der Waals surface area contributed by atoms with Gasteiger partial charge in [-0.15, -0.1) is 0 Å². The first-order valence-electron chi connectivity index (χ1n) is 19.5. The first-order chi connectivity index (χ1) is 28.4. The summed E-state index contributed by atoms with van der Waals surface area (Å²) in [6.07, 6.45) is 0. The summed E-state index contributed by atoms with van der Waals surface area (Å²) in [6.45, 7) is 3.61. The van der Waals surface area contributed by atoms with E-state index in [-0.39, 0.29) is 0 Å². The lowest BCUT2D eigenvalue weighted by Crippen LogP contribution is -2.02. The van der Waals surface area contributed by atoms with Crippen LogP contribution in [0.2, 0.25) is 0 Å². The van der Waals surface area contributed by atoms with Crippen LogP contribution in [0.1, 0.15) is 0 Å². The normalized spacial score (nSPS) is 11.7. The lowest BCUT2D eigenvalue weighted by molar-refractivity contribution is 0.588. The Morgan fingerprint density at radius 1 is 0.345 bits per heavy atom. The number of aromatic nitrogens is 3. The number of hydrogen-bond donors (Lipinski definition) is 0. The number of benzene rings is 9. The van der Waals surface area contributed by atoms with Crippen molar-refractivity contribution in [3.05, 3.63) is 194 Å². The molecule has 10 rings (SSSR count). The van der Waals surface area contributed by atoms with Gasteiger partial charge in [-0.05, 0) is 91.2 Å². The van der Waals surface area contributed by atoms with Gasteiger partial charge in [0, 0.05) is 22.0 Å². The van der Waals surface area contributed by atoms with Crippen LogP contribution in [0.5, 0.6) is 0 Å². The standard InChI is InChI=1S/C53H38N3OP/c1-58(2,57)43-23-14-21-41(34-43)40-20-13-22-42(33-40)53-55-51(38-18-7-4-8-19-38)54-52(56-53)39-29-27-37(28-30-39)48-45-25-11-12-26-46(45)49(36-16-5-3-6-17-36)50-44-24-10-9-15-35(44)31-32-47(48)50/h3-34H,1-2H3. The van der Waals surface area contributed by atoms with Crippen LogP contribution in [0.25, 0.3) is 99.9 Å². The number of rotatable bonds is 7. The molecule has 0 saturated carbocycles. The van der Waals surface area contributed by atoms with Gasteiger partial charge in [-0.25, -0.2) is 15.0 Å². The molecule has 1 aromatic heterocycles. The fourth-order valence-electron chi connectivity index (χ4n) is 8.16. The minimum Gasteiger partial charge on any atom is -0.319 e. The van der Waals surface area contributed by atoms with Crippen molar-refractivity contribution < 1.29 is 4.57 Å². The van der Waals surface area contributed by atoms with Crippen molar-refractivity contribution in [1.82, 2.24) is 15.0 Å². The third kappa shape index (κ3) is 6.48. The van der Waals surface area contributed by atoms with Crippen molar-refractivity contribution in [2.75, 3.05) is 13.3 Å². The van der Waals surface area contributed by atoms with E-state index in [9.17, 15) is 4.57 Å². The van der Waals surface area contributed by atoms with E-state index < -0.39 is 7.14 Å². The quantitative estimate of drug-likeness (QED) is 0.0921. The summed E-state index contributed by atoms with van der Waals surface area (Å²) in [5.41, 5.74) is 9.47. The monoisotopic (exact) mass is 763 g/mol. The van der Waals surface area contributed by atoms with Crippen LogP contribution in [-0.2, 0) is 4.57 Å². The highest BCUT2D eigenvalue weighted by atomic mass is 31.2. The zero-order valence-corrected chi connectivity index (χ0v) is 33.1. The molecule has 276 valence electrons. The van der Waals surface area contributed by atoms with Crippen molar-refractivity contribution in [2.24, 2.45) is 0 Å². The van der Waals surface area contributed by atoms with Crippen LogP contribution in [0.3, 0.4) is 0 Å². The minimum absolute atomic E-state index is 0.586. The largest absolute Gasteiger partial charge is 0.319 e. The van der Waals surface area contributed by atoms with E-state index in [1.165, 1.54) is 49.0 Å². The van der Waals surface area contributed by atoms with E-state index in [0.717, 1.165) is 38.7 Å². The Bertz CT molecular complexity index is 3210. The molecule has 1 heterocycles. The van der Waals surface area contributed by atoms with Gasteiger partial charge in [0.25, 0.3) is 0 Å². The number of fused-ring (bicyclic) bond motifs is 4. The summed E-state index contributed by atoms with van der Waals surface area (Å²) < 4.78 is 12.9. The molecular formula is C53H38N3OP. The van der Waals surface area contributed by atoms with Gasteiger partial charge in [0.15, 0.2) is 17.5 Å². The van der Waals surface area contributed by atoms with Crippen LogP contribution in [-0.4, -0.2) is 28.3 Å². The van der Waals surface area contributed by atoms with Crippen LogP contribution in [0.15, 0.2) is 194 Å². The summed E-state index contributed by atoms with van der Waals surface area (Å²) in [5.74, 6) is 1.79. The molecule has 9 aromatic carbocycles. The summed E-state index contributed by atoms with van der Waals surface area (Å²) in [6, 6.07) is 67.7. The zero-order valence-electron chi connectivity index (χ0n) is 32.2. The van der Waals surface area contributed by atoms with Gasteiger partial charge < -0.3 is 4.57 Å². The Labute approximate surface area is 337 Å². The summed E-state index contributed by atoms with van der Waals surface area (Å²) >= 11 is 0. The third-order valence-corrected chi connectivity index (χ3v) is 12.5. The molecule has 58 heavy (non-hydrogen) atoms. The molecule has 0 saturated heterocycles. The van der Waals surface area contributed by atoms with E-state index in [2.05, 4.69) is 133 Å². The van der Waals surface area contributed by atoms with Crippen LogP contribution >= 0.6 is 7.14 Å². The molecule has 0 aliphatic heterocycles. The van der Waals surface area contributed by atoms with Gasteiger partial charge in [-0.2, -0.15) is 0 Å². The SMILES string of the molecule is CP(C)(=O)c1cccc(-c2cccc(-c3nc(-c4ccccc4)nc(-c4ccc(-c5c6ccccc6c(-c6ccccc6)c6c5ccc5ccccc56)cc4)n3)c2)c1. The molecule has 0 bridgehead atoms. The zero-order chi connectivity index (χ0) is 39.2. The molecule has 5 heteroatoms. The van der Waals surface area contributed by atoms with E-state index in [1.54, 1.807) is 13.3 Å². The fourth-order valence-corrected chi connectivity index (χ4v) is 9.05. The van der Waals surface area contributed by atoms with Crippen molar-refractivity contribution in [1.29, 1.82) is 0 Å². The Kier molecular flexibility index (Phi) is 8.85. The molecule has 0 amide bonds. The van der Waals surface area contributed by atoms with E-state index in [1.807, 2.05) is 60.7 Å². The summed E-state index contributed by atoms with van der Waals surface area (Å²) in [5, 5.41) is 8.20. The van der Waals surface area contributed by atoms with E-state index >= 15 is 0 Å². The highest BCUT2D eigenvalue weighted by Gasteiger charge is 2.20. The Balaban J connectivity index is 1.13. The van der Waals surface area contributed by atoms with Gasteiger partial charge in [0.1, 0.15) is 7.14 Å². The maximum Gasteiger partial charge on any atom is 0.164 e. The number of nitrogens with zero attached hydrogens (tertiary/aromatic N) is 3. The first-order valence-corrected chi connectivity index (χ1v) is 22.1. The summed E-state index contributed by atoms with van der Waals surface area (Å²) in [4.78, 5) is 15.2. The first kappa shape index (κ1) is 35.4. The Morgan fingerprint density at radius 3 is 1.48 bits per heavy atom. The van der Waals surface area contributed by atoms with Gasteiger partial charge in [-0.1, -0.05) is 182 Å². The molecule has 10 aromatic rings. The summed E-state index contributed by atoms with van der Waals surface area (Å²) in [7, 11) is -2.42. The molecule has 0 aliphatic rings. The lowest BCUT2D eigenvalue weighted by Gasteiger charge is -2.19. The average Bonchev–Trinajstić information content (AvgIpc) is 3.28. The van der Waals surface area contributed by atoms with Crippen molar-refractivity contribution in [3.63, 3.8) is 0 Å². The van der Waals surface area contributed by atoms with Crippen LogP contribution in [0.4, 0.5) is 0 Å². The van der Waals surface area contributed by atoms with E-state index in [0.29, 0.717) is 17.5 Å². The average molecular weight is 764 g/mol. The second kappa shape index (κ2) is 14.5. The molecule has 0 atom stereocenters. The maximum atomic E-state index is 12.9. The number of hydrogen-bond acceptors (Lipinski definition) is 4. The Hall–Kier alpha value is -7.00. The van der Waals surface area contributed by atoms with Crippen molar-refractivity contribution in [3.8, 4) is 67.5 Å². The van der Waals surface area contributed by atoms with Crippen molar-refractivity contribution in [2.45, 2.75) is 0 Å². The Morgan fingerprint density at radius 2 is 0.810 bits per heavy atom.